The summed E-state index contributed by atoms with van der Waals surface area (Å²) in [6, 6.07) is 6.47. The van der Waals surface area contributed by atoms with E-state index in [-0.39, 0.29) is 19.0 Å². The maximum Gasteiger partial charge on any atom is 0.348 e. The van der Waals surface area contributed by atoms with Crippen LogP contribution in [0.4, 0.5) is 0 Å². The molecule has 2 aromatic rings. The number of esters is 1. The number of rotatable bonds is 6. The number of hydrogen-bond donors (Lipinski definition) is 2. The van der Waals surface area contributed by atoms with E-state index in [4.69, 9.17) is 4.42 Å². The fourth-order valence-corrected chi connectivity index (χ4v) is 2.42. The van der Waals surface area contributed by atoms with E-state index in [1.165, 1.54) is 25.5 Å². The summed E-state index contributed by atoms with van der Waals surface area (Å²) in [4.78, 5) is 35.4. The van der Waals surface area contributed by atoms with E-state index in [1.807, 2.05) is 0 Å². The molecule has 0 spiro atoms. The molecule has 0 aliphatic heterocycles. The van der Waals surface area contributed by atoms with Crippen molar-refractivity contribution in [3.8, 4) is 0 Å². The Labute approximate surface area is 130 Å². The fraction of sp³-hybridized carbons (Fsp3) is 0.214. The number of nitrogens with one attached hydrogen (secondary N) is 2. The molecule has 0 saturated carbocycles. The third-order valence-electron chi connectivity index (χ3n) is 2.67. The SMILES string of the molecule is COC(=O)c1ccc(C(=O)NCC(=O)NCc2ccco2)s1. The maximum absolute atomic E-state index is 11.9. The molecule has 0 atom stereocenters. The van der Waals surface area contributed by atoms with Crippen molar-refractivity contribution in [3.63, 3.8) is 0 Å². The third-order valence-corrected chi connectivity index (χ3v) is 3.73. The van der Waals surface area contributed by atoms with E-state index in [1.54, 1.807) is 12.1 Å². The molecule has 0 saturated heterocycles. The lowest BCUT2D eigenvalue weighted by Gasteiger charge is -2.04. The average molecular weight is 322 g/mol. The minimum Gasteiger partial charge on any atom is -0.467 e. The van der Waals surface area contributed by atoms with E-state index in [0.717, 1.165) is 11.3 Å². The number of hydrogen-bond acceptors (Lipinski definition) is 6. The first-order chi connectivity index (χ1) is 10.6. The van der Waals surface area contributed by atoms with E-state index < -0.39 is 11.9 Å². The number of carbonyl (C=O) groups excluding carboxylic acids is 3. The largest absolute Gasteiger partial charge is 0.467 e. The number of furan rings is 1. The zero-order chi connectivity index (χ0) is 15.9. The van der Waals surface area contributed by atoms with Crippen LogP contribution < -0.4 is 10.6 Å². The Morgan fingerprint density at radius 3 is 2.64 bits per heavy atom. The summed E-state index contributed by atoms with van der Waals surface area (Å²) in [5.74, 6) is -0.635. The second-order valence-electron chi connectivity index (χ2n) is 4.19. The van der Waals surface area contributed by atoms with Gasteiger partial charge in [0, 0.05) is 0 Å². The highest BCUT2D eigenvalue weighted by atomic mass is 32.1. The first-order valence-electron chi connectivity index (χ1n) is 6.35. The molecule has 0 aromatic carbocycles. The molecule has 0 bridgehead atoms. The Hall–Kier alpha value is -2.61. The predicted octanol–water partition coefficient (Wildman–Crippen LogP) is 1.17. The molecule has 0 radical (unpaired) electrons. The van der Waals surface area contributed by atoms with Crippen molar-refractivity contribution in [1.29, 1.82) is 0 Å². The van der Waals surface area contributed by atoms with Crippen molar-refractivity contribution in [1.82, 2.24) is 10.6 Å². The summed E-state index contributed by atoms with van der Waals surface area (Å²) in [7, 11) is 1.27. The molecule has 2 rings (SSSR count). The number of ether oxygens (including phenoxy) is 1. The lowest BCUT2D eigenvalue weighted by atomic mass is 10.4. The summed E-state index contributed by atoms with van der Waals surface area (Å²) >= 11 is 1.00. The smallest absolute Gasteiger partial charge is 0.348 e. The number of carbonyl (C=O) groups is 3. The quantitative estimate of drug-likeness (QED) is 0.778. The van der Waals surface area contributed by atoms with Gasteiger partial charge in [-0.15, -0.1) is 11.3 Å². The molecule has 2 aromatic heterocycles. The van der Waals surface area contributed by atoms with Crippen molar-refractivity contribution < 1.29 is 23.5 Å². The highest BCUT2D eigenvalue weighted by Gasteiger charge is 2.14. The molecule has 0 unspecified atom stereocenters. The molecule has 0 aliphatic rings. The van der Waals surface area contributed by atoms with Gasteiger partial charge in [0.15, 0.2) is 0 Å². The van der Waals surface area contributed by atoms with Crippen molar-refractivity contribution in [2.75, 3.05) is 13.7 Å². The number of methoxy groups -OCH3 is 1. The van der Waals surface area contributed by atoms with Gasteiger partial charge in [-0.2, -0.15) is 0 Å². The van der Waals surface area contributed by atoms with Crippen LogP contribution in [0.3, 0.4) is 0 Å². The van der Waals surface area contributed by atoms with Gasteiger partial charge in [0.05, 0.1) is 31.3 Å². The molecule has 22 heavy (non-hydrogen) atoms. The Kier molecular flexibility index (Phi) is 5.31. The minimum atomic E-state index is -0.500. The summed E-state index contributed by atoms with van der Waals surface area (Å²) in [5, 5.41) is 5.08. The molecule has 2 amide bonds. The van der Waals surface area contributed by atoms with Crippen molar-refractivity contribution >= 4 is 29.1 Å². The van der Waals surface area contributed by atoms with Crippen LogP contribution >= 0.6 is 11.3 Å². The van der Waals surface area contributed by atoms with Crippen LogP contribution in [-0.4, -0.2) is 31.4 Å². The molecule has 116 valence electrons. The van der Waals surface area contributed by atoms with E-state index in [0.29, 0.717) is 15.5 Å². The van der Waals surface area contributed by atoms with Crippen LogP contribution in [0.5, 0.6) is 0 Å². The van der Waals surface area contributed by atoms with E-state index >= 15 is 0 Å². The molecule has 0 fully saturated rings. The van der Waals surface area contributed by atoms with Gasteiger partial charge in [-0.1, -0.05) is 0 Å². The normalized spacial score (nSPS) is 10.0. The van der Waals surface area contributed by atoms with Crippen molar-refractivity contribution in [2.24, 2.45) is 0 Å². The van der Waals surface area contributed by atoms with Gasteiger partial charge in [0.1, 0.15) is 10.6 Å². The van der Waals surface area contributed by atoms with Crippen LogP contribution in [0, 0.1) is 0 Å². The summed E-state index contributed by atoms with van der Waals surface area (Å²) in [6.45, 7) is 0.0954. The van der Waals surface area contributed by atoms with Crippen molar-refractivity contribution in [3.05, 3.63) is 46.0 Å². The summed E-state index contributed by atoms with van der Waals surface area (Å²) in [5.41, 5.74) is 0. The molecule has 0 aliphatic carbocycles. The minimum absolute atomic E-state index is 0.162. The maximum atomic E-state index is 11.9. The van der Waals surface area contributed by atoms with Crippen LogP contribution in [0.25, 0.3) is 0 Å². The molecular weight excluding hydrogens is 308 g/mol. The monoisotopic (exact) mass is 322 g/mol. The Morgan fingerprint density at radius 2 is 1.95 bits per heavy atom. The Balaban J connectivity index is 1.78. The van der Waals surface area contributed by atoms with Crippen LogP contribution in [0.2, 0.25) is 0 Å². The standard InChI is InChI=1S/C14H14N2O5S/c1-20-14(19)11-5-4-10(22-11)13(18)16-8-12(17)15-7-9-3-2-6-21-9/h2-6H,7-8H2,1H3,(H,15,17)(H,16,18). The van der Waals surface area contributed by atoms with Crippen LogP contribution in [0.1, 0.15) is 25.1 Å². The molecule has 8 heteroatoms. The van der Waals surface area contributed by atoms with Gasteiger partial charge in [0.25, 0.3) is 5.91 Å². The highest BCUT2D eigenvalue weighted by molar-refractivity contribution is 7.15. The first kappa shape index (κ1) is 15.8. The zero-order valence-corrected chi connectivity index (χ0v) is 12.6. The van der Waals surface area contributed by atoms with Crippen LogP contribution in [0.15, 0.2) is 34.9 Å². The molecule has 2 heterocycles. The highest BCUT2D eigenvalue weighted by Crippen LogP contribution is 2.17. The van der Waals surface area contributed by atoms with Crippen LogP contribution in [-0.2, 0) is 16.1 Å². The molecular formula is C14H14N2O5S. The van der Waals surface area contributed by atoms with E-state index in [9.17, 15) is 14.4 Å². The van der Waals surface area contributed by atoms with Gasteiger partial charge in [-0.3, -0.25) is 9.59 Å². The lowest BCUT2D eigenvalue weighted by molar-refractivity contribution is -0.120. The Morgan fingerprint density at radius 1 is 1.18 bits per heavy atom. The molecule has 7 nitrogen and oxygen atoms in total. The van der Waals surface area contributed by atoms with Crippen molar-refractivity contribution in [2.45, 2.75) is 6.54 Å². The predicted molar refractivity (Wildman–Crippen MR) is 78.5 cm³/mol. The number of thiophene rings is 1. The van der Waals surface area contributed by atoms with Gasteiger partial charge in [-0.05, 0) is 24.3 Å². The summed E-state index contributed by atoms with van der Waals surface area (Å²) in [6.07, 6.45) is 1.51. The van der Waals surface area contributed by atoms with E-state index in [2.05, 4.69) is 15.4 Å². The molecule has 2 N–H and O–H groups in total. The average Bonchev–Trinajstić information content (AvgIpc) is 3.20. The summed E-state index contributed by atoms with van der Waals surface area (Å²) < 4.78 is 9.63. The third kappa shape index (κ3) is 4.19. The lowest BCUT2D eigenvalue weighted by Crippen LogP contribution is -2.36. The second-order valence-corrected chi connectivity index (χ2v) is 5.28. The van der Waals surface area contributed by atoms with Gasteiger partial charge >= 0.3 is 5.97 Å². The topological polar surface area (TPSA) is 97.6 Å². The second kappa shape index (κ2) is 7.41. The van der Waals surface area contributed by atoms with Gasteiger partial charge in [0.2, 0.25) is 5.91 Å². The Bertz CT molecular complexity index is 663. The fourth-order valence-electron chi connectivity index (χ4n) is 1.58. The number of amides is 2. The van der Waals surface area contributed by atoms with Gasteiger partial charge in [-0.25, -0.2) is 4.79 Å². The van der Waals surface area contributed by atoms with Gasteiger partial charge < -0.3 is 19.8 Å². The zero-order valence-electron chi connectivity index (χ0n) is 11.8. The first-order valence-corrected chi connectivity index (χ1v) is 7.17.